The minimum atomic E-state index is 0.654. The van der Waals surface area contributed by atoms with Crippen molar-refractivity contribution >= 4 is 11.5 Å². The van der Waals surface area contributed by atoms with Gasteiger partial charge in [-0.25, -0.2) is 0 Å². The zero-order valence-electron chi connectivity index (χ0n) is 18.3. The maximum atomic E-state index is 4.62. The highest BCUT2D eigenvalue weighted by Gasteiger charge is 2.32. The minimum Gasteiger partial charge on any atom is -0.361 e. The third kappa shape index (κ3) is 5.57. The lowest BCUT2D eigenvalue weighted by Crippen LogP contribution is -2.46. The molecule has 0 amide bonds. The predicted octanol–water partition coefficient (Wildman–Crippen LogP) is 5.75. The van der Waals surface area contributed by atoms with Gasteiger partial charge in [0.25, 0.3) is 0 Å². The van der Waals surface area contributed by atoms with E-state index in [2.05, 4.69) is 39.1 Å². The minimum absolute atomic E-state index is 0.654. The zero-order chi connectivity index (χ0) is 19.6. The van der Waals surface area contributed by atoms with Gasteiger partial charge in [-0.05, 0) is 43.7 Å². The molecule has 0 spiro atoms. The van der Waals surface area contributed by atoms with E-state index in [1.54, 1.807) is 0 Å². The Hall–Kier alpha value is -1.39. The first-order valence-corrected chi connectivity index (χ1v) is 12.1. The largest absolute Gasteiger partial charge is 0.361 e. The molecule has 28 heavy (non-hydrogen) atoms. The zero-order valence-corrected chi connectivity index (χ0v) is 18.3. The van der Waals surface area contributed by atoms with Crippen LogP contribution in [0.2, 0.25) is 0 Å². The molecule has 0 N–H and O–H groups in total. The van der Waals surface area contributed by atoms with E-state index < -0.39 is 0 Å². The summed E-state index contributed by atoms with van der Waals surface area (Å²) in [4.78, 5) is 5.26. The van der Waals surface area contributed by atoms with Gasteiger partial charge in [0, 0.05) is 25.2 Å². The Labute approximate surface area is 172 Å². The van der Waals surface area contributed by atoms with Crippen molar-refractivity contribution in [2.45, 2.75) is 116 Å². The summed E-state index contributed by atoms with van der Waals surface area (Å²) >= 11 is 0. The molecule has 1 aromatic rings. The second kappa shape index (κ2) is 11.6. The van der Waals surface area contributed by atoms with E-state index in [1.165, 1.54) is 95.6 Å². The maximum absolute atomic E-state index is 4.62. The SMILES string of the molecule is CCCCN(CCCC)c1nnncc1N(C1CCCCC1)C1CCCCC1. The molecular weight excluding hydrogens is 346 g/mol. The molecule has 2 fully saturated rings. The van der Waals surface area contributed by atoms with E-state index in [1.807, 2.05) is 6.20 Å². The Balaban J connectivity index is 1.91. The smallest absolute Gasteiger partial charge is 0.178 e. The lowest BCUT2D eigenvalue weighted by Gasteiger charge is -2.44. The van der Waals surface area contributed by atoms with Crippen molar-refractivity contribution < 1.29 is 0 Å². The highest BCUT2D eigenvalue weighted by Crippen LogP contribution is 2.37. The maximum Gasteiger partial charge on any atom is 0.178 e. The van der Waals surface area contributed by atoms with Gasteiger partial charge in [0.05, 0.1) is 6.20 Å². The summed E-state index contributed by atoms with van der Waals surface area (Å²) < 4.78 is 0. The van der Waals surface area contributed by atoms with Gasteiger partial charge in [-0.15, -0.1) is 10.2 Å². The molecule has 3 rings (SSSR count). The summed E-state index contributed by atoms with van der Waals surface area (Å²) in [6, 6.07) is 1.31. The van der Waals surface area contributed by atoms with Gasteiger partial charge < -0.3 is 9.80 Å². The third-order valence-electron chi connectivity index (χ3n) is 6.68. The van der Waals surface area contributed by atoms with Crippen LogP contribution in [0.4, 0.5) is 11.5 Å². The molecule has 1 heterocycles. The molecule has 5 nitrogen and oxygen atoms in total. The van der Waals surface area contributed by atoms with Crippen LogP contribution in [-0.4, -0.2) is 40.6 Å². The van der Waals surface area contributed by atoms with Crippen molar-refractivity contribution in [2.75, 3.05) is 22.9 Å². The molecule has 2 saturated carbocycles. The molecular formula is C23H41N5. The quantitative estimate of drug-likeness (QED) is 0.511. The van der Waals surface area contributed by atoms with Crippen LogP contribution < -0.4 is 9.80 Å². The number of hydrogen-bond donors (Lipinski definition) is 0. The molecule has 0 atom stereocenters. The Morgan fingerprint density at radius 2 is 1.36 bits per heavy atom. The van der Waals surface area contributed by atoms with Crippen LogP contribution in [0.25, 0.3) is 0 Å². The second-order valence-corrected chi connectivity index (χ2v) is 8.83. The second-order valence-electron chi connectivity index (χ2n) is 8.83. The van der Waals surface area contributed by atoms with Crippen molar-refractivity contribution in [3.8, 4) is 0 Å². The number of nitrogens with zero attached hydrogens (tertiary/aromatic N) is 5. The van der Waals surface area contributed by atoms with Gasteiger partial charge in [-0.2, -0.15) is 0 Å². The van der Waals surface area contributed by atoms with Crippen molar-refractivity contribution in [1.29, 1.82) is 0 Å². The van der Waals surface area contributed by atoms with E-state index >= 15 is 0 Å². The Morgan fingerprint density at radius 1 is 0.821 bits per heavy atom. The summed E-state index contributed by atoms with van der Waals surface area (Å²) in [6.07, 6.45) is 20.4. The highest BCUT2D eigenvalue weighted by atomic mass is 15.4. The Bertz CT molecular complexity index is 526. The van der Waals surface area contributed by atoms with E-state index in [0.717, 1.165) is 18.9 Å². The summed E-state index contributed by atoms with van der Waals surface area (Å²) in [6.45, 7) is 6.69. The standard InChI is InChI=1S/C23H41N5/c1-3-5-17-27(18-6-4-2)23-22(19-24-26-25-23)28(20-13-9-7-10-14-20)21-15-11-8-12-16-21/h19-21H,3-18H2,1-2H3. The van der Waals surface area contributed by atoms with Crippen molar-refractivity contribution in [3.05, 3.63) is 6.20 Å². The lowest BCUT2D eigenvalue weighted by atomic mass is 9.88. The van der Waals surface area contributed by atoms with Crippen LogP contribution in [0.15, 0.2) is 6.20 Å². The van der Waals surface area contributed by atoms with Crippen molar-refractivity contribution in [1.82, 2.24) is 15.4 Å². The molecule has 0 aromatic carbocycles. The molecule has 0 saturated heterocycles. The molecule has 0 radical (unpaired) electrons. The summed E-state index contributed by atoms with van der Waals surface area (Å²) in [5.74, 6) is 1.09. The monoisotopic (exact) mass is 387 g/mol. The molecule has 5 heteroatoms. The number of anilines is 2. The van der Waals surface area contributed by atoms with Gasteiger partial charge in [-0.1, -0.05) is 65.2 Å². The summed E-state index contributed by atoms with van der Waals surface area (Å²) in [5, 5.41) is 13.0. The van der Waals surface area contributed by atoms with Crippen molar-refractivity contribution in [2.24, 2.45) is 0 Å². The van der Waals surface area contributed by atoms with E-state index in [4.69, 9.17) is 0 Å². The van der Waals surface area contributed by atoms with Gasteiger partial charge in [-0.3, -0.25) is 0 Å². The van der Waals surface area contributed by atoms with Gasteiger partial charge in [0.15, 0.2) is 5.82 Å². The highest BCUT2D eigenvalue weighted by molar-refractivity contribution is 5.66. The number of aromatic nitrogens is 3. The summed E-state index contributed by atoms with van der Waals surface area (Å²) in [5.41, 5.74) is 1.26. The van der Waals surface area contributed by atoms with Crippen LogP contribution in [0, 0.1) is 0 Å². The van der Waals surface area contributed by atoms with Crippen LogP contribution in [0.1, 0.15) is 104 Å². The molecule has 0 unspecified atom stereocenters. The van der Waals surface area contributed by atoms with Gasteiger partial charge in [0.1, 0.15) is 5.69 Å². The number of hydrogen-bond acceptors (Lipinski definition) is 5. The first-order chi connectivity index (χ1) is 13.8. The average Bonchev–Trinajstić information content (AvgIpc) is 2.76. The molecule has 0 bridgehead atoms. The van der Waals surface area contributed by atoms with E-state index in [-0.39, 0.29) is 0 Å². The summed E-state index contributed by atoms with van der Waals surface area (Å²) in [7, 11) is 0. The fraction of sp³-hybridized carbons (Fsp3) is 0.870. The Kier molecular flexibility index (Phi) is 8.81. The average molecular weight is 388 g/mol. The topological polar surface area (TPSA) is 45.2 Å². The molecule has 158 valence electrons. The van der Waals surface area contributed by atoms with Gasteiger partial charge >= 0.3 is 0 Å². The molecule has 0 aliphatic heterocycles. The molecule has 2 aliphatic rings. The molecule has 1 aromatic heterocycles. The number of rotatable bonds is 10. The van der Waals surface area contributed by atoms with Crippen molar-refractivity contribution in [3.63, 3.8) is 0 Å². The fourth-order valence-corrected chi connectivity index (χ4v) is 5.10. The van der Waals surface area contributed by atoms with Crippen LogP contribution >= 0.6 is 0 Å². The molecule has 2 aliphatic carbocycles. The van der Waals surface area contributed by atoms with E-state index in [9.17, 15) is 0 Å². The van der Waals surface area contributed by atoms with Gasteiger partial charge in [0.2, 0.25) is 0 Å². The first-order valence-electron chi connectivity index (χ1n) is 12.1. The third-order valence-corrected chi connectivity index (χ3v) is 6.68. The lowest BCUT2D eigenvalue weighted by molar-refractivity contribution is 0.339. The normalized spacial score (nSPS) is 18.9. The Morgan fingerprint density at radius 3 is 1.86 bits per heavy atom. The fourth-order valence-electron chi connectivity index (χ4n) is 5.10. The van der Waals surface area contributed by atoms with E-state index in [0.29, 0.717) is 12.1 Å². The van der Waals surface area contributed by atoms with Crippen LogP contribution in [0.3, 0.4) is 0 Å². The number of unbranched alkanes of at least 4 members (excludes halogenated alkanes) is 2. The first kappa shape index (κ1) is 21.3. The van der Waals surface area contributed by atoms with Crippen LogP contribution in [-0.2, 0) is 0 Å². The predicted molar refractivity (Wildman–Crippen MR) is 118 cm³/mol. The van der Waals surface area contributed by atoms with Crippen LogP contribution in [0.5, 0.6) is 0 Å².